The van der Waals surface area contributed by atoms with Crippen LogP contribution in [0.4, 0.5) is 10.5 Å². The lowest BCUT2D eigenvalue weighted by molar-refractivity contribution is -0.126. The van der Waals surface area contributed by atoms with Crippen LogP contribution in [0.25, 0.3) is 0 Å². The Morgan fingerprint density at radius 3 is 3.14 bits per heavy atom. The van der Waals surface area contributed by atoms with Gasteiger partial charge >= 0.3 is 6.03 Å². The van der Waals surface area contributed by atoms with Crippen molar-refractivity contribution in [1.82, 2.24) is 9.88 Å². The molecule has 5 heteroatoms. The number of hydrogen-bond acceptors (Lipinski definition) is 3. The van der Waals surface area contributed by atoms with E-state index in [2.05, 4.69) is 10.3 Å². The first-order valence-corrected chi connectivity index (χ1v) is 8.27. The highest BCUT2D eigenvalue weighted by Crippen LogP contribution is 2.53. The van der Waals surface area contributed by atoms with Crippen molar-refractivity contribution < 1.29 is 9.53 Å². The summed E-state index contributed by atoms with van der Waals surface area (Å²) in [7, 11) is 0. The van der Waals surface area contributed by atoms with Gasteiger partial charge in [0.25, 0.3) is 0 Å². The third-order valence-electron chi connectivity index (χ3n) is 5.56. The highest BCUT2D eigenvalue weighted by atomic mass is 16.5. The number of morpholine rings is 1. The third-order valence-corrected chi connectivity index (χ3v) is 5.56. The number of urea groups is 1. The summed E-state index contributed by atoms with van der Waals surface area (Å²) in [6.07, 6.45) is 6.76. The molecule has 1 N–H and O–H groups in total. The molecule has 4 rings (SSSR count). The van der Waals surface area contributed by atoms with Gasteiger partial charge in [-0.05, 0) is 56.6 Å². The number of carbonyl (C=O) groups excluding carboxylic acids is 1. The van der Waals surface area contributed by atoms with Crippen LogP contribution in [0, 0.1) is 18.8 Å². The molecule has 3 fully saturated rings. The van der Waals surface area contributed by atoms with E-state index in [1.54, 1.807) is 6.20 Å². The fourth-order valence-electron chi connectivity index (χ4n) is 4.57. The van der Waals surface area contributed by atoms with Crippen LogP contribution in [0.5, 0.6) is 0 Å². The molecule has 1 aromatic rings. The molecule has 1 spiro atoms. The minimum Gasteiger partial charge on any atom is -0.371 e. The predicted octanol–water partition coefficient (Wildman–Crippen LogP) is 2.81. The zero-order valence-electron chi connectivity index (χ0n) is 13.0. The van der Waals surface area contributed by atoms with Crippen molar-refractivity contribution >= 4 is 11.7 Å². The average Bonchev–Trinajstić information content (AvgIpc) is 3.08. The highest BCUT2D eigenvalue weighted by molar-refractivity contribution is 5.89. The van der Waals surface area contributed by atoms with Gasteiger partial charge in [-0.1, -0.05) is 0 Å². The maximum absolute atomic E-state index is 12.6. The van der Waals surface area contributed by atoms with Crippen LogP contribution in [-0.2, 0) is 4.74 Å². The minimum absolute atomic E-state index is 0.0175. The molecule has 0 radical (unpaired) electrons. The number of aromatic nitrogens is 1. The smallest absolute Gasteiger partial charge is 0.322 e. The van der Waals surface area contributed by atoms with Gasteiger partial charge in [-0.15, -0.1) is 0 Å². The van der Waals surface area contributed by atoms with Gasteiger partial charge in [-0.25, -0.2) is 4.79 Å². The average molecular weight is 301 g/mol. The number of pyridine rings is 1. The van der Waals surface area contributed by atoms with Crippen molar-refractivity contribution in [3.05, 3.63) is 24.0 Å². The number of nitrogens with zero attached hydrogens (tertiary/aromatic N) is 2. The lowest BCUT2D eigenvalue weighted by Crippen LogP contribution is -2.57. The van der Waals surface area contributed by atoms with Crippen LogP contribution in [0.2, 0.25) is 0 Å². The van der Waals surface area contributed by atoms with Gasteiger partial charge in [0.2, 0.25) is 0 Å². The molecule has 1 aromatic heterocycles. The maximum Gasteiger partial charge on any atom is 0.322 e. The van der Waals surface area contributed by atoms with Gasteiger partial charge in [0, 0.05) is 24.1 Å². The van der Waals surface area contributed by atoms with Crippen LogP contribution >= 0.6 is 0 Å². The number of hydrogen-bond donors (Lipinski definition) is 1. The monoisotopic (exact) mass is 301 g/mol. The van der Waals surface area contributed by atoms with Crippen LogP contribution in [0.3, 0.4) is 0 Å². The number of carbonyl (C=O) groups is 1. The molecule has 5 nitrogen and oxygen atoms in total. The molecule has 22 heavy (non-hydrogen) atoms. The van der Waals surface area contributed by atoms with Crippen LogP contribution in [0.15, 0.2) is 18.3 Å². The molecule has 1 aliphatic heterocycles. The Morgan fingerprint density at radius 1 is 1.50 bits per heavy atom. The van der Waals surface area contributed by atoms with E-state index in [1.165, 1.54) is 19.3 Å². The zero-order valence-corrected chi connectivity index (χ0v) is 13.0. The van der Waals surface area contributed by atoms with E-state index in [1.807, 2.05) is 24.0 Å². The molecular weight excluding hydrogens is 278 g/mol. The first-order chi connectivity index (χ1) is 10.6. The topological polar surface area (TPSA) is 54.5 Å². The number of anilines is 1. The summed E-state index contributed by atoms with van der Waals surface area (Å²) < 4.78 is 6.18. The number of amides is 2. The first kappa shape index (κ1) is 14.0. The van der Waals surface area contributed by atoms with E-state index in [0.717, 1.165) is 30.3 Å². The van der Waals surface area contributed by atoms with E-state index in [9.17, 15) is 4.79 Å². The van der Waals surface area contributed by atoms with Gasteiger partial charge in [0.05, 0.1) is 18.8 Å². The Kier molecular flexibility index (Phi) is 3.33. The lowest BCUT2D eigenvalue weighted by Gasteiger charge is -2.45. The van der Waals surface area contributed by atoms with Crippen LogP contribution in [-0.4, -0.2) is 41.2 Å². The maximum atomic E-state index is 12.6. The van der Waals surface area contributed by atoms with Gasteiger partial charge in [0.1, 0.15) is 0 Å². The Balaban J connectivity index is 1.45. The summed E-state index contributed by atoms with van der Waals surface area (Å²) in [4.78, 5) is 18.7. The molecule has 118 valence electrons. The molecule has 1 saturated heterocycles. The summed E-state index contributed by atoms with van der Waals surface area (Å²) in [6, 6.07) is 3.71. The molecule has 3 atom stereocenters. The normalized spacial score (nSPS) is 33.4. The van der Waals surface area contributed by atoms with Crippen LogP contribution < -0.4 is 5.32 Å². The lowest BCUT2D eigenvalue weighted by atomic mass is 9.83. The number of fused-ring (bicyclic) bond motifs is 3. The fraction of sp³-hybridized carbons (Fsp3) is 0.647. The molecule has 2 saturated carbocycles. The Labute approximate surface area is 131 Å². The van der Waals surface area contributed by atoms with E-state index >= 15 is 0 Å². The first-order valence-electron chi connectivity index (χ1n) is 8.27. The summed E-state index contributed by atoms with van der Waals surface area (Å²) in [5, 5.41) is 2.99. The second kappa shape index (κ2) is 5.23. The largest absolute Gasteiger partial charge is 0.371 e. The number of nitrogens with one attached hydrogen (secondary N) is 1. The molecule has 3 aliphatic rings. The SMILES string of the molecule is Cc1cc(NC(=O)N2CCO[C@@]3(C[C@H]4CC[C@H]3C4)C2)ccn1. The zero-order chi connectivity index (χ0) is 15.2. The highest BCUT2D eigenvalue weighted by Gasteiger charge is 2.54. The quantitative estimate of drug-likeness (QED) is 0.868. The van der Waals surface area contributed by atoms with E-state index < -0.39 is 0 Å². The van der Waals surface area contributed by atoms with Crippen molar-refractivity contribution in [3.8, 4) is 0 Å². The van der Waals surface area contributed by atoms with Gasteiger partial charge in [0.15, 0.2) is 0 Å². The molecule has 2 aliphatic carbocycles. The van der Waals surface area contributed by atoms with E-state index in [-0.39, 0.29) is 11.6 Å². The molecule has 2 bridgehead atoms. The molecular formula is C17H23N3O2. The summed E-state index contributed by atoms with van der Waals surface area (Å²) in [5.74, 6) is 1.46. The Morgan fingerprint density at radius 2 is 2.41 bits per heavy atom. The summed E-state index contributed by atoms with van der Waals surface area (Å²) in [6.45, 7) is 4.00. The Hall–Kier alpha value is -1.62. The standard InChI is InChI=1S/C17H23N3O2/c1-12-8-15(4-5-18-12)19-16(21)20-6-7-22-17(11-20)10-13-2-3-14(17)9-13/h4-5,8,13-14H,2-3,6-7,9-11H2,1H3,(H,18,19,21)/t13-,14-,17-/m0/s1. The second-order valence-corrected chi connectivity index (χ2v) is 7.03. The molecule has 2 amide bonds. The van der Waals surface area contributed by atoms with Crippen molar-refractivity contribution in [3.63, 3.8) is 0 Å². The molecule has 0 unspecified atom stereocenters. The van der Waals surface area contributed by atoms with Crippen molar-refractivity contribution in [2.75, 3.05) is 25.0 Å². The van der Waals surface area contributed by atoms with Gasteiger partial charge < -0.3 is 15.0 Å². The van der Waals surface area contributed by atoms with Gasteiger partial charge in [-0.2, -0.15) is 0 Å². The number of ether oxygens (including phenoxy) is 1. The molecule has 2 heterocycles. The number of aryl methyl sites for hydroxylation is 1. The van der Waals surface area contributed by atoms with Crippen molar-refractivity contribution in [1.29, 1.82) is 0 Å². The summed E-state index contributed by atoms with van der Waals surface area (Å²) >= 11 is 0. The third kappa shape index (κ3) is 2.37. The fourth-order valence-corrected chi connectivity index (χ4v) is 4.57. The predicted molar refractivity (Wildman–Crippen MR) is 83.7 cm³/mol. The summed E-state index contributed by atoms with van der Waals surface area (Å²) in [5.41, 5.74) is 1.66. The minimum atomic E-state index is -0.0628. The van der Waals surface area contributed by atoms with E-state index in [0.29, 0.717) is 19.1 Å². The molecule has 0 aromatic carbocycles. The van der Waals surface area contributed by atoms with Crippen LogP contribution in [0.1, 0.15) is 31.4 Å². The van der Waals surface area contributed by atoms with Gasteiger partial charge in [-0.3, -0.25) is 4.98 Å². The Bertz CT molecular complexity index is 591. The number of rotatable bonds is 1. The second-order valence-electron chi connectivity index (χ2n) is 7.03. The van der Waals surface area contributed by atoms with E-state index in [4.69, 9.17) is 4.74 Å². The van der Waals surface area contributed by atoms with Crippen molar-refractivity contribution in [2.24, 2.45) is 11.8 Å². The van der Waals surface area contributed by atoms with Crippen molar-refractivity contribution in [2.45, 2.75) is 38.2 Å².